The first-order chi connectivity index (χ1) is 8.62. The average molecular weight is 269 g/mol. The molecule has 1 heterocycles. The zero-order valence-electron chi connectivity index (χ0n) is 12.4. The Bertz CT molecular complexity index is 393. The van der Waals surface area contributed by atoms with Gasteiger partial charge in [-0.1, -0.05) is 0 Å². The molecule has 0 spiro atoms. The van der Waals surface area contributed by atoms with E-state index in [2.05, 4.69) is 0 Å². The zero-order valence-corrected chi connectivity index (χ0v) is 12.4. The molecule has 0 bridgehead atoms. The Morgan fingerprint density at radius 2 is 1.84 bits per heavy atom. The Morgan fingerprint density at radius 3 is 2.32 bits per heavy atom. The summed E-state index contributed by atoms with van der Waals surface area (Å²) in [5, 5.41) is 0. The molecule has 2 aliphatic rings. The minimum absolute atomic E-state index is 0.104. The van der Waals surface area contributed by atoms with Crippen molar-refractivity contribution in [3.63, 3.8) is 0 Å². The van der Waals surface area contributed by atoms with Gasteiger partial charge in [-0.25, -0.2) is 4.79 Å². The van der Waals surface area contributed by atoms with Gasteiger partial charge in [-0.05, 0) is 47.5 Å². The Balaban J connectivity index is 2.16. The normalized spacial score (nSPS) is 26.4. The molecule has 0 aromatic carbocycles. The molecule has 0 radical (unpaired) electrons. The van der Waals surface area contributed by atoms with Crippen LogP contribution in [-0.2, 0) is 14.3 Å². The average Bonchev–Trinajstić information content (AvgIpc) is 2.99. The van der Waals surface area contributed by atoms with Gasteiger partial charge >= 0.3 is 6.09 Å². The molecule has 2 rings (SSSR count). The number of carbonyl (C=O) groups excluding carboxylic acids is 2. The summed E-state index contributed by atoms with van der Waals surface area (Å²) in [4.78, 5) is 26.0. The second kappa shape index (κ2) is 4.47. The van der Waals surface area contributed by atoms with Crippen LogP contribution >= 0.6 is 0 Å². The number of hydrogen-bond acceptors (Lipinski definition) is 4. The van der Waals surface area contributed by atoms with E-state index in [1.165, 1.54) is 4.90 Å². The lowest BCUT2D eigenvalue weighted by atomic mass is 10.1. The monoisotopic (exact) mass is 269 g/mol. The molecule has 5 heteroatoms. The van der Waals surface area contributed by atoms with Crippen LogP contribution in [0.25, 0.3) is 0 Å². The third-order valence-corrected chi connectivity index (χ3v) is 3.38. The Morgan fingerprint density at radius 1 is 1.26 bits per heavy atom. The third kappa shape index (κ3) is 3.08. The summed E-state index contributed by atoms with van der Waals surface area (Å²) in [7, 11) is 0. The molecule has 1 amide bonds. The SMILES string of the molecule is CC(C)(C)OC(=O)N1C(C(=O)C2CC2)COC1(C)C. The second-order valence-corrected chi connectivity index (χ2v) is 6.80. The minimum Gasteiger partial charge on any atom is -0.444 e. The van der Waals surface area contributed by atoms with Crippen LogP contribution in [0, 0.1) is 5.92 Å². The van der Waals surface area contributed by atoms with E-state index in [-0.39, 0.29) is 18.3 Å². The highest BCUT2D eigenvalue weighted by molar-refractivity contribution is 5.91. The quantitative estimate of drug-likeness (QED) is 0.772. The van der Waals surface area contributed by atoms with Gasteiger partial charge in [0, 0.05) is 5.92 Å². The molecule has 0 aromatic heterocycles. The fraction of sp³-hybridized carbons (Fsp3) is 0.857. The Hall–Kier alpha value is -1.10. The van der Waals surface area contributed by atoms with Gasteiger partial charge in [0.1, 0.15) is 17.4 Å². The number of rotatable bonds is 2. The third-order valence-electron chi connectivity index (χ3n) is 3.38. The van der Waals surface area contributed by atoms with Gasteiger partial charge in [-0.3, -0.25) is 9.69 Å². The molecular weight excluding hydrogens is 246 g/mol. The van der Waals surface area contributed by atoms with Crippen LogP contribution in [0.4, 0.5) is 4.79 Å². The number of amides is 1. The summed E-state index contributed by atoms with van der Waals surface area (Å²) in [5.41, 5.74) is -1.37. The highest BCUT2D eigenvalue weighted by Crippen LogP contribution is 2.37. The maximum atomic E-state index is 12.3. The Kier molecular flexibility index (Phi) is 3.37. The van der Waals surface area contributed by atoms with E-state index in [0.717, 1.165) is 12.8 Å². The van der Waals surface area contributed by atoms with Crippen LogP contribution in [-0.4, -0.2) is 40.8 Å². The first kappa shape index (κ1) is 14.3. The van der Waals surface area contributed by atoms with Crippen molar-refractivity contribution in [2.45, 2.75) is 64.8 Å². The second-order valence-electron chi connectivity index (χ2n) is 6.80. The first-order valence-electron chi connectivity index (χ1n) is 6.82. The van der Waals surface area contributed by atoms with Crippen LogP contribution in [0.5, 0.6) is 0 Å². The minimum atomic E-state index is -0.794. The van der Waals surface area contributed by atoms with Crippen molar-refractivity contribution in [3.8, 4) is 0 Å². The molecule has 1 unspecified atom stereocenters. The van der Waals surface area contributed by atoms with Crippen LogP contribution < -0.4 is 0 Å². The topological polar surface area (TPSA) is 55.8 Å². The smallest absolute Gasteiger partial charge is 0.413 e. The lowest BCUT2D eigenvalue weighted by Gasteiger charge is -2.34. The first-order valence-corrected chi connectivity index (χ1v) is 6.82. The van der Waals surface area contributed by atoms with Crippen molar-refractivity contribution >= 4 is 11.9 Å². The molecule has 0 aromatic rings. The molecule has 5 nitrogen and oxygen atoms in total. The highest BCUT2D eigenvalue weighted by atomic mass is 16.6. The summed E-state index contributed by atoms with van der Waals surface area (Å²) in [6, 6.07) is -0.502. The lowest BCUT2D eigenvalue weighted by Crippen LogP contribution is -2.52. The summed E-state index contributed by atoms with van der Waals surface area (Å²) in [5.74, 6) is 0.212. The summed E-state index contributed by atoms with van der Waals surface area (Å²) in [6.07, 6.45) is 1.38. The number of carbonyl (C=O) groups is 2. The summed E-state index contributed by atoms with van der Waals surface area (Å²) >= 11 is 0. The molecule has 1 aliphatic heterocycles. The van der Waals surface area contributed by atoms with Gasteiger partial charge in [0.15, 0.2) is 5.78 Å². The van der Waals surface area contributed by atoms with Crippen molar-refractivity contribution in [2.75, 3.05) is 6.61 Å². The summed E-state index contributed by atoms with van der Waals surface area (Å²) in [6.45, 7) is 9.28. The van der Waals surface area contributed by atoms with E-state index in [1.54, 1.807) is 13.8 Å². The van der Waals surface area contributed by atoms with Crippen molar-refractivity contribution in [3.05, 3.63) is 0 Å². The Labute approximate surface area is 114 Å². The maximum absolute atomic E-state index is 12.3. The number of ketones is 1. The van der Waals surface area contributed by atoms with E-state index >= 15 is 0 Å². The molecule has 1 aliphatic carbocycles. The van der Waals surface area contributed by atoms with E-state index < -0.39 is 23.5 Å². The predicted molar refractivity (Wildman–Crippen MR) is 69.6 cm³/mol. The van der Waals surface area contributed by atoms with E-state index in [9.17, 15) is 9.59 Å². The van der Waals surface area contributed by atoms with Crippen molar-refractivity contribution in [2.24, 2.45) is 5.92 Å². The fourth-order valence-corrected chi connectivity index (χ4v) is 2.31. The van der Waals surface area contributed by atoms with E-state index in [1.807, 2.05) is 20.8 Å². The summed E-state index contributed by atoms with van der Waals surface area (Å²) < 4.78 is 11.0. The van der Waals surface area contributed by atoms with Crippen LogP contribution in [0.2, 0.25) is 0 Å². The highest BCUT2D eigenvalue weighted by Gasteiger charge is 2.51. The van der Waals surface area contributed by atoms with Gasteiger partial charge in [-0.2, -0.15) is 0 Å². The molecule has 19 heavy (non-hydrogen) atoms. The standard InChI is InChI=1S/C14H23NO4/c1-13(2,3)19-12(17)15-10(8-18-14(15,4)5)11(16)9-6-7-9/h9-10H,6-8H2,1-5H3. The van der Waals surface area contributed by atoms with E-state index in [4.69, 9.17) is 9.47 Å². The molecule has 1 saturated heterocycles. The molecule has 0 N–H and O–H groups in total. The van der Waals surface area contributed by atoms with Gasteiger partial charge < -0.3 is 9.47 Å². The van der Waals surface area contributed by atoms with Crippen LogP contribution in [0.15, 0.2) is 0 Å². The predicted octanol–water partition coefficient (Wildman–Crippen LogP) is 2.34. The van der Waals surface area contributed by atoms with Crippen molar-refractivity contribution < 1.29 is 19.1 Å². The molecule has 2 fully saturated rings. The molecule has 1 atom stereocenters. The zero-order chi connectivity index (χ0) is 14.4. The van der Waals surface area contributed by atoms with Crippen molar-refractivity contribution in [1.82, 2.24) is 4.90 Å². The number of hydrogen-bond donors (Lipinski definition) is 0. The van der Waals surface area contributed by atoms with E-state index in [0.29, 0.717) is 0 Å². The van der Waals surface area contributed by atoms with Crippen LogP contribution in [0.1, 0.15) is 47.5 Å². The maximum Gasteiger partial charge on any atom is 0.413 e. The largest absolute Gasteiger partial charge is 0.444 e. The molecular formula is C14H23NO4. The molecule has 1 saturated carbocycles. The lowest BCUT2D eigenvalue weighted by molar-refractivity contribution is -0.125. The fourth-order valence-electron chi connectivity index (χ4n) is 2.31. The van der Waals surface area contributed by atoms with Gasteiger partial charge in [0.05, 0.1) is 6.61 Å². The van der Waals surface area contributed by atoms with Crippen molar-refractivity contribution in [1.29, 1.82) is 0 Å². The van der Waals surface area contributed by atoms with Crippen LogP contribution in [0.3, 0.4) is 0 Å². The van der Waals surface area contributed by atoms with Gasteiger partial charge in [0.2, 0.25) is 0 Å². The molecule has 108 valence electrons. The van der Waals surface area contributed by atoms with Gasteiger partial charge in [0.25, 0.3) is 0 Å². The van der Waals surface area contributed by atoms with Gasteiger partial charge in [-0.15, -0.1) is 0 Å². The number of ether oxygens (including phenoxy) is 2. The number of nitrogens with zero attached hydrogens (tertiary/aromatic N) is 1. The number of Topliss-reactive ketones (excluding diaryl/α,β-unsaturated/α-hetero) is 1.